The van der Waals surface area contributed by atoms with Crippen molar-refractivity contribution in [1.82, 2.24) is 10.6 Å². The summed E-state index contributed by atoms with van der Waals surface area (Å²) in [4.78, 5) is 12.0. The lowest BCUT2D eigenvalue weighted by atomic mass is 9.82. The first-order valence-electron chi connectivity index (χ1n) is 6.53. The normalized spacial score (nSPS) is 25.8. The monoisotopic (exact) mass is 226 g/mol. The molecule has 1 heterocycles. The second kappa shape index (κ2) is 6.24. The molecule has 1 aliphatic heterocycles. The lowest BCUT2D eigenvalue weighted by molar-refractivity contribution is -0.131. The van der Waals surface area contributed by atoms with Gasteiger partial charge in [0.15, 0.2) is 0 Å². The van der Waals surface area contributed by atoms with Gasteiger partial charge in [-0.25, -0.2) is 0 Å². The molecule has 0 bridgehead atoms. The van der Waals surface area contributed by atoms with E-state index in [1.54, 1.807) is 0 Å². The molecule has 0 spiro atoms. The number of rotatable bonds is 5. The van der Waals surface area contributed by atoms with Crippen LogP contribution in [0.15, 0.2) is 0 Å². The molecular weight excluding hydrogens is 200 g/mol. The van der Waals surface area contributed by atoms with Gasteiger partial charge in [0.1, 0.15) is 0 Å². The summed E-state index contributed by atoms with van der Waals surface area (Å²) < 4.78 is 0. The summed E-state index contributed by atoms with van der Waals surface area (Å²) in [6.07, 6.45) is 4.40. The minimum Gasteiger partial charge on any atom is -0.356 e. The predicted octanol–water partition coefficient (Wildman–Crippen LogP) is 1.93. The van der Waals surface area contributed by atoms with Gasteiger partial charge in [0.05, 0.1) is 5.41 Å². The van der Waals surface area contributed by atoms with Crippen LogP contribution in [0.25, 0.3) is 0 Å². The first kappa shape index (κ1) is 13.5. The van der Waals surface area contributed by atoms with Crippen LogP contribution in [0.5, 0.6) is 0 Å². The van der Waals surface area contributed by atoms with E-state index in [9.17, 15) is 4.79 Å². The minimum atomic E-state index is -0.184. The van der Waals surface area contributed by atoms with Crippen LogP contribution in [0.3, 0.4) is 0 Å². The highest BCUT2D eigenvalue weighted by Gasteiger charge is 2.34. The summed E-state index contributed by atoms with van der Waals surface area (Å²) in [5.74, 6) is 0.951. The van der Waals surface area contributed by atoms with Crippen molar-refractivity contribution < 1.29 is 4.79 Å². The molecule has 1 rings (SSSR count). The van der Waals surface area contributed by atoms with E-state index in [0.29, 0.717) is 0 Å². The molecule has 0 saturated carbocycles. The van der Waals surface area contributed by atoms with Crippen molar-refractivity contribution in [3.05, 3.63) is 0 Å². The van der Waals surface area contributed by atoms with Crippen LogP contribution in [-0.4, -0.2) is 25.5 Å². The predicted molar refractivity (Wildman–Crippen MR) is 67.3 cm³/mol. The maximum absolute atomic E-state index is 12.0. The summed E-state index contributed by atoms with van der Waals surface area (Å²) >= 11 is 0. The highest BCUT2D eigenvalue weighted by molar-refractivity contribution is 5.82. The van der Waals surface area contributed by atoms with Gasteiger partial charge in [-0.2, -0.15) is 0 Å². The average molecular weight is 226 g/mol. The van der Waals surface area contributed by atoms with Crippen molar-refractivity contribution in [2.45, 2.75) is 46.5 Å². The molecule has 1 amide bonds. The Balaban J connectivity index is 2.23. The van der Waals surface area contributed by atoms with Gasteiger partial charge in [-0.15, -0.1) is 0 Å². The van der Waals surface area contributed by atoms with Crippen LogP contribution in [-0.2, 0) is 4.79 Å². The summed E-state index contributed by atoms with van der Waals surface area (Å²) in [5, 5.41) is 6.37. The Kier molecular flexibility index (Phi) is 5.26. The third-order valence-corrected chi connectivity index (χ3v) is 3.39. The van der Waals surface area contributed by atoms with Gasteiger partial charge in [0.25, 0.3) is 0 Å². The van der Waals surface area contributed by atoms with E-state index in [1.165, 1.54) is 6.42 Å². The standard InChI is InChI=1S/C13H26N2O/c1-11(2)6-4-9-15-12(16)13(3)7-5-8-14-10-13/h11,14H,4-10H2,1-3H3,(H,15,16). The minimum absolute atomic E-state index is 0.184. The lowest BCUT2D eigenvalue weighted by Gasteiger charge is -2.32. The van der Waals surface area contributed by atoms with Crippen LogP contribution < -0.4 is 10.6 Å². The van der Waals surface area contributed by atoms with E-state index in [1.807, 2.05) is 0 Å². The summed E-state index contributed by atoms with van der Waals surface area (Å²) in [6, 6.07) is 0. The van der Waals surface area contributed by atoms with Gasteiger partial charge in [-0.05, 0) is 45.1 Å². The Hall–Kier alpha value is -0.570. The zero-order chi connectivity index (χ0) is 12.0. The quantitative estimate of drug-likeness (QED) is 0.703. The molecule has 1 saturated heterocycles. The number of hydrogen-bond acceptors (Lipinski definition) is 2. The van der Waals surface area contributed by atoms with Crippen LogP contribution in [0.1, 0.15) is 46.5 Å². The lowest BCUT2D eigenvalue weighted by Crippen LogP contribution is -2.48. The molecule has 0 aromatic carbocycles. The van der Waals surface area contributed by atoms with E-state index in [0.717, 1.165) is 44.8 Å². The Labute approximate surface area is 99.4 Å². The van der Waals surface area contributed by atoms with Crippen LogP contribution >= 0.6 is 0 Å². The third-order valence-electron chi connectivity index (χ3n) is 3.39. The van der Waals surface area contributed by atoms with Crippen LogP contribution in [0, 0.1) is 11.3 Å². The fourth-order valence-electron chi connectivity index (χ4n) is 2.18. The molecule has 3 heteroatoms. The van der Waals surface area contributed by atoms with Crippen molar-refractivity contribution in [3.8, 4) is 0 Å². The number of carbonyl (C=O) groups excluding carboxylic acids is 1. The number of hydrogen-bond donors (Lipinski definition) is 2. The molecule has 0 aromatic heterocycles. The highest BCUT2D eigenvalue weighted by Crippen LogP contribution is 2.25. The number of piperidine rings is 1. The average Bonchev–Trinajstić information content (AvgIpc) is 2.25. The fourth-order valence-corrected chi connectivity index (χ4v) is 2.18. The van der Waals surface area contributed by atoms with Gasteiger partial charge >= 0.3 is 0 Å². The Morgan fingerprint density at radius 3 is 2.81 bits per heavy atom. The summed E-state index contributed by atoms with van der Waals surface area (Å²) in [6.45, 7) is 9.20. The molecule has 1 unspecified atom stereocenters. The van der Waals surface area contributed by atoms with Gasteiger partial charge < -0.3 is 10.6 Å². The molecule has 94 valence electrons. The van der Waals surface area contributed by atoms with Crippen molar-refractivity contribution in [2.24, 2.45) is 11.3 Å². The van der Waals surface area contributed by atoms with Gasteiger partial charge in [0, 0.05) is 13.1 Å². The van der Waals surface area contributed by atoms with Gasteiger partial charge in [-0.1, -0.05) is 13.8 Å². The smallest absolute Gasteiger partial charge is 0.227 e. The molecule has 1 fully saturated rings. The number of nitrogens with one attached hydrogen (secondary N) is 2. The molecule has 0 aliphatic carbocycles. The van der Waals surface area contributed by atoms with E-state index >= 15 is 0 Å². The van der Waals surface area contributed by atoms with Crippen molar-refractivity contribution in [1.29, 1.82) is 0 Å². The maximum Gasteiger partial charge on any atom is 0.227 e. The number of amides is 1. The maximum atomic E-state index is 12.0. The molecule has 1 atom stereocenters. The largest absolute Gasteiger partial charge is 0.356 e. The van der Waals surface area contributed by atoms with Crippen molar-refractivity contribution in [2.75, 3.05) is 19.6 Å². The van der Waals surface area contributed by atoms with Gasteiger partial charge in [0.2, 0.25) is 5.91 Å². The van der Waals surface area contributed by atoms with Crippen LogP contribution in [0.2, 0.25) is 0 Å². The number of carbonyl (C=O) groups is 1. The summed E-state index contributed by atoms with van der Waals surface area (Å²) in [7, 11) is 0. The molecular formula is C13H26N2O. The molecule has 1 aliphatic rings. The summed E-state index contributed by atoms with van der Waals surface area (Å²) in [5.41, 5.74) is -0.184. The molecule has 3 nitrogen and oxygen atoms in total. The zero-order valence-corrected chi connectivity index (χ0v) is 10.9. The van der Waals surface area contributed by atoms with Crippen molar-refractivity contribution >= 4 is 5.91 Å². The molecule has 0 radical (unpaired) electrons. The highest BCUT2D eigenvalue weighted by atomic mass is 16.2. The Morgan fingerprint density at radius 1 is 1.50 bits per heavy atom. The van der Waals surface area contributed by atoms with E-state index in [4.69, 9.17) is 0 Å². The molecule has 0 aromatic rings. The Bertz CT molecular complexity index is 220. The fraction of sp³-hybridized carbons (Fsp3) is 0.923. The Morgan fingerprint density at radius 2 is 2.25 bits per heavy atom. The second-order valence-corrected chi connectivity index (χ2v) is 5.63. The van der Waals surface area contributed by atoms with E-state index in [-0.39, 0.29) is 11.3 Å². The van der Waals surface area contributed by atoms with E-state index in [2.05, 4.69) is 31.4 Å². The third kappa shape index (κ3) is 4.12. The van der Waals surface area contributed by atoms with E-state index < -0.39 is 0 Å². The second-order valence-electron chi connectivity index (χ2n) is 5.63. The zero-order valence-electron chi connectivity index (χ0n) is 10.9. The van der Waals surface area contributed by atoms with Crippen LogP contribution in [0.4, 0.5) is 0 Å². The van der Waals surface area contributed by atoms with Gasteiger partial charge in [-0.3, -0.25) is 4.79 Å². The topological polar surface area (TPSA) is 41.1 Å². The van der Waals surface area contributed by atoms with Crippen molar-refractivity contribution in [3.63, 3.8) is 0 Å². The molecule has 2 N–H and O–H groups in total. The first-order chi connectivity index (χ1) is 7.54. The SMILES string of the molecule is CC(C)CCCNC(=O)C1(C)CCCNC1. The first-order valence-corrected chi connectivity index (χ1v) is 6.53. The molecule has 16 heavy (non-hydrogen) atoms.